The number of aromatic nitrogens is 1. The van der Waals surface area contributed by atoms with Gasteiger partial charge in [0.05, 0.1) is 11.9 Å². The third-order valence-electron chi connectivity index (χ3n) is 2.83. The minimum Gasteiger partial charge on any atom is -0.325 e. The molecule has 0 aliphatic heterocycles. The van der Waals surface area contributed by atoms with Gasteiger partial charge >= 0.3 is 0 Å². The van der Waals surface area contributed by atoms with E-state index >= 15 is 0 Å². The van der Waals surface area contributed by atoms with Gasteiger partial charge in [0, 0.05) is 18.2 Å². The van der Waals surface area contributed by atoms with Crippen molar-refractivity contribution in [1.82, 2.24) is 4.98 Å². The highest BCUT2D eigenvalue weighted by Gasteiger charge is 2.11. The highest BCUT2D eigenvalue weighted by molar-refractivity contribution is 5.91. The molecule has 1 heterocycles. The summed E-state index contributed by atoms with van der Waals surface area (Å²) in [5, 5.41) is 2.79. The van der Waals surface area contributed by atoms with Crippen molar-refractivity contribution in [3.05, 3.63) is 59.9 Å². The third kappa shape index (κ3) is 3.89. The van der Waals surface area contributed by atoms with Gasteiger partial charge in [-0.2, -0.15) is 0 Å². The molecule has 0 saturated carbocycles. The Morgan fingerprint density at radius 2 is 2.00 bits per heavy atom. The maximum Gasteiger partial charge on any atom is 0.226 e. The number of pyridine rings is 1. The molecule has 19 heavy (non-hydrogen) atoms. The Morgan fingerprint density at radius 1 is 1.26 bits per heavy atom. The lowest BCUT2D eigenvalue weighted by atomic mass is 10.0. The second kappa shape index (κ2) is 6.11. The van der Waals surface area contributed by atoms with E-state index in [9.17, 15) is 4.79 Å². The first-order valence-corrected chi connectivity index (χ1v) is 6.18. The SMILES string of the molecule is Cc1ccc(NC(=O)CC(N)c2ccccc2)cn1. The zero-order chi connectivity index (χ0) is 13.7. The minimum atomic E-state index is -0.292. The lowest BCUT2D eigenvalue weighted by molar-refractivity contribution is -0.116. The predicted octanol–water partition coefficient (Wildman–Crippen LogP) is 2.42. The topological polar surface area (TPSA) is 68.0 Å². The second-order valence-electron chi connectivity index (χ2n) is 4.46. The van der Waals surface area contributed by atoms with Crippen molar-refractivity contribution < 1.29 is 4.79 Å². The molecule has 1 aromatic carbocycles. The second-order valence-corrected chi connectivity index (χ2v) is 4.46. The summed E-state index contributed by atoms with van der Waals surface area (Å²) in [6.45, 7) is 1.90. The van der Waals surface area contributed by atoms with E-state index in [0.29, 0.717) is 5.69 Å². The molecule has 4 nitrogen and oxygen atoms in total. The van der Waals surface area contributed by atoms with Crippen LogP contribution in [0.5, 0.6) is 0 Å². The van der Waals surface area contributed by atoms with Crippen molar-refractivity contribution in [3.8, 4) is 0 Å². The Kier molecular flexibility index (Phi) is 4.26. The predicted molar refractivity (Wildman–Crippen MR) is 75.6 cm³/mol. The molecule has 1 amide bonds. The molecule has 3 N–H and O–H groups in total. The molecule has 1 atom stereocenters. The molecule has 1 aromatic heterocycles. The summed E-state index contributed by atoms with van der Waals surface area (Å²) in [6, 6.07) is 13.0. The lowest BCUT2D eigenvalue weighted by Gasteiger charge is -2.12. The molecular formula is C15H17N3O. The number of nitrogens with zero attached hydrogens (tertiary/aromatic N) is 1. The lowest BCUT2D eigenvalue weighted by Crippen LogP contribution is -2.20. The number of nitrogens with two attached hydrogens (primary N) is 1. The van der Waals surface area contributed by atoms with Gasteiger partial charge in [0.2, 0.25) is 5.91 Å². The Balaban J connectivity index is 1.93. The molecule has 0 saturated heterocycles. The van der Waals surface area contributed by atoms with Crippen molar-refractivity contribution in [2.24, 2.45) is 5.73 Å². The maximum absolute atomic E-state index is 11.9. The standard InChI is InChI=1S/C15H17N3O/c1-11-7-8-13(10-17-11)18-15(19)9-14(16)12-5-3-2-4-6-12/h2-8,10,14H,9,16H2,1H3,(H,18,19). The minimum absolute atomic E-state index is 0.109. The number of hydrogen-bond donors (Lipinski definition) is 2. The molecule has 1 unspecified atom stereocenters. The maximum atomic E-state index is 11.9. The number of carbonyl (C=O) groups excluding carboxylic acids is 1. The Labute approximate surface area is 112 Å². The van der Waals surface area contributed by atoms with E-state index in [1.807, 2.05) is 49.4 Å². The molecule has 0 radical (unpaired) electrons. The number of amides is 1. The first-order valence-electron chi connectivity index (χ1n) is 6.18. The molecule has 2 aromatic rings. The van der Waals surface area contributed by atoms with E-state index in [4.69, 9.17) is 5.73 Å². The molecule has 0 fully saturated rings. The molecule has 0 aliphatic carbocycles. The van der Waals surface area contributed by atoms with Crippen LogP contribution in [0.4, 0.5) is 5.69 Å². The first-order chi connectivity index (χ1) is 9.15. The highest BCUT2D eigenvalue weighted by Crippen LogP contribution is 2.14. The van der Waals surface area contributed by atoms with Crippen LogP contribution in [0.25, 0.3) is 0 Å². The quantitative estimate of drug-likeness (QED) is 0.881. The van der Waals surface area contributed by atoms with Crippen LogP contribution in [0.1, 0.15) is 23.7 Å². The van der Waals surface area contributed by atoms with Crippen LogP contribution in [0.3, 0.4) is 0 Å². The normalized spacial score (nSPS) is 11.9. The smallest absolute Gasteiger partial charge is 0.226 e. The van der Waals surface area contributed by atoms with Crippen LogP contribution in [0.15, 0.2) is 48.7 Å². The van der Waals surface area contributed by atoms with Gasteiger partial charge in [-0.25, -0.2) is 0 Å². The number of hydrogen-bond acceptors (Lipinski definition) is 3. The van der Waals surface area contributed by atoms with Crippen molar-refractivity contribution in [1.29, 1.82) is 0 Å². The van der Waals surface area contributed by atoms with Crippen molar-refractivity contribution in [3.63, 3.8) is 0 Å². The van der Waals surface area contributed by atoms with Gasteiger partial charge in [-0.05, 0) is 24.6 Å². The number of carbonyl (C=O) groups is 1. The average Bonchev–Trinajstić information content (AvgIpc) is 2.42. The van der Waals surface area contributed by atoms with E-state index in [2.05, 4.69) is 10.3 Å². The summed E-state index contributed by atoms with van der Waals surface area (Å²) in [5.74, 6) is -0.109. The highest BCUT2D eigenvalue weighted by atomic mass is 16.1. The van der Waals surface area contributed by atoms with Crippen LogP contribution in [-0.2, 0) is 4.79 Å². The molecule has 0 aliphatic rings. The van der Waals surface area contributed by atoms with Crippen LogP contribution in [0, 0.1) is 6.92 Å². The van der Waals surface area contributed by atoms with Gasteiger partial charge in [0.25, 0.3) is 0 Å². The fourth-order valence-electron chi connectivity index (χ4n) is 1.77. The summed E-state index contributed by atoms with van der Waals surface area (Å²) in [7, 11) is 0. The first kappa shape index (κ1) is 13.2. The van der Waals surface area contributed by atoms with Gasteiger partial charge < -0.3 is 11.1 Å². The molecular weight excluding hydrogens is 238 g/mol. The van der Waals surface area contributed by atoms with Gasteiger partial charge in [-0.15, -0.1) is 0 Å². The zero-order valence-electron chi connectivity index (χ0n) is 10.8. The zero-order valence-corrected chi connectivity index (χ0v) is 10.8. The van der Waals surface area contributed by atoms with Crippen LogP contribution < -0.4 is 11.1 Å². The summed E-state index contributed by atoms with van der Waals surface area (Å²) in [5.41, 5.74) is 8.56. The summed E-state index contributed by atoms with van der Waals surface area (Å²) in [6.07, 6.45) is 1.89. The van der Waals surface area contributed by atoms with Gasteiger partial charge in [-0.1, -0.05) is 30.3 Å². The Bertz CT molecular complexity index is 537. The van der Waals surface area contributed by atoms with E-state index in [1.54, 1.807) is 6.20 Å². The molecule has 0 bridgehead atoms. The van der Waals surface area contributed by atoms with Gasteiger partial charge in [0.15, 0.2) is 0 Å². The van der Waals surface area contributed by atoms with Crippen LogP contribution in [0.2, 0.25) is 0 Å². The largest absolute Gasteiger partial charge is 0.325 e. The third-order valence-corrected chi connectivity index (χ3v) is 2.83. The fraction of sp³-hybridized carbons (Fsp3) is 0.200. The molecule has 0 spiro atoms. The summed E-state index contributed by atoms with van der Waals surface area (Å²) in [4.78, 5) is 16.0. The molecule has 98 valence electrons. The summed E-state index contributed by atoms with van der Waals surface area (Å²) < 4.78 is 0. The fourth-order valence-corrected chi connectivity index (χ4v) is 1.77. The van der Waals surface area contributed by atoms with Crippen molar-refractivity contribution in [2.45, 2.75) is 19.4 Å². The van der Waals surface area contributed by atoms with Crippen LogP contribution >= 0.6 is 0 Å². The van der Waals surface area contributed by atoms with E-state index in [1.165, 1.54) is 0 Å². The summed E-state index contributed by atoms with van der Waals surface area (Å²) >= 11 is 0. The van der Waals surface area contributed by atoms with Gasteiger partial charge in [-0.3, -0.25) is 9.78 Å². The number of anilines is 1. The molecule has 4 heteroatoms. The number of aryl methyl sites for hydroxylation is 1. The number of rotatable bonds is 4. The van der Waals surface area contributed by atoms with Gasteiger partial charge in [0.1, 0.15) is 0 Å². The monoisotopic (exact) mass is 255 g/mol. The average molecular weight is 255 g/mol. The Morgan fingerprint density at radius 3 is 2.63 bits per heavy atom. The van der Waals surface area contributed by atoms with Crippen LogP contribution in [-0.4, -0.2) is 10.9 Å². The molecule has 2 rings (SSSR count). The number of benzene rings is 1. The van der Waals surface area contributed by atoms with Crippen molar-refractivity contribution >= 4 is 11.6 Å². The Hall–Kier alpha value is -2.20. The van der Waals surface area contributed by atoms with E-state index in [0.717, 1.165) is 11.3 Å². The van der Waals surface area contributed by atoms with E-state index < -0.39 is 0 Å². The number of nitrogens with one attached hydrogen (secondary N) is 1. The van der Waals surface area contributed by atoms with Crippen molar-refractivity contribution in [2.75, 3.05) is 5.32 Å². The van der Waals surface area contributed by atoms with E-state index in [-0.39, 0.29) is 18.4 Å².